The zero-order valence-corrected chi connectivity index (χ0v) is 23.8. The molecular weight excluding hydrogens is 500 g/mol. The maximum absolute atomic E-state index is 13.4. The van der Waals surface area contributed by atoms with E-state index in [-0.39, 0.29) is 18.1 Å². The molecule has 200 valence electrons. The first kappa shape index (κ1) is 27.0. The Morgan fingerprint density at radius 3 is 2.36 bits per heavy atom. The van der Waals surface area contributed by atoms with Crippen LogP contribution in [0.25, 0.3) is 10.4 Å². The minimum Gasteiger partial charge on any atom is -0.339 e. The van der Waals surface area contributed by atoms with Crippen LogP contribution < -0.4 is 0 Å². The van der Waals surface area contributed by atoms with Crippen LogP contribution in [0.5, 0.6) is 0 Å². The first-order valence-corrected chi connectivity index (χ1v) is 14.8. The highest BCUT2D eigenvalue weighted by atomic mass is 32.1. The first-order valence-electron chi connectivity index (χ1n) is 13.9. The van der Waals surface area contributed by atoms with Gasteiger partial charge in [-0.1, -0.05) is 50.2 Å². The van der Waals surface area contributed by atoms with Crippen LogP contribution in [0.15, 0.2) is 78.3 Å². The van der Waals surface area contributed by atoms with Crippen LogP contribution in [0.3, 0.4) is 0 Å². The first-order chi connectivity index (χ1) is 18.9. The molecular formula is C34H36N2O2S. The van der Waals surface area contributed by atoms with Gasteiger partial charge in [-0.15, -0.1) is 11.3 Å². The minimum absolute atomic E-state index is 0.0252. The molecule has 5 heteroatoms. The van der Waals surface area contributed by atoms with Crippen LogP contribution in [-0.2, 0) is 12.8 Å². The van der Waals surface area contributed by atoms with Crippen LogP contribution in [0.2, 0.25) is 0 Å². The van der Waals surface area contributed by atoms with Gasteiger partial charge >= 0.3 is 0 Å². The van der Waals surface area contributed by atoms with Crippen LogP contribution in [-0.4, -0.2) is 34.7 Å². The number of aryl methyl sites for hydroxylation is 1. The van der Waals surface area contributed by atoms with Gasteiger partial charge in [0.05, 0.1) is 0 Å². The quantitative estimate of drug-likeness (QED) is 0.216. The Bertz CT molecular complexity index is 1420. The van der Waals surface area contributed by atoms with Crippen molar-refractivity contribution >= 4 is 23.0 Å². The molecule has 39 heavy (non-hydrogen) atoms. The molecule has 3 heterocycles. The molecule has 0 atom stereocenters. The van der Waals surface area contributed by atoms with Crippen LogP contribution in [0.4, 0.5) is 0 Å². The number of aromatic nitrogens is 1. The lowest BCUT2D eigenvalue weighted by molar-refractivity contribution is 0.0712. The molecule has 0 bridgehead atoms. The van der Waals surface area contributed by atoms with Crippen molar-refractivity contribution in [1.82, 2.24) is 9.88 Å². The number of carbonyl (C=O) groups is 2. The Labute approximate surface area is 235 Å². The molecule has 4 aromatic rings. The maximum Gasteiger partial charge on any atom is 0.253 e. The van der Waals surface area contributed by atoms with E-state index >= 15 is 0 Å². The number of thiophene rings is 1. The summed E-state index contributed by atoms with van der Waals surface area (Å²) in [7, 11) is 0. The lowest BCUT2D eigenvalue weighted by atomic mass is 9.88. The monoisotopic (exact) mass is 536 g/mol. The van der Waals surface area contributed by atoms with E-state index in [0.717, 1.165) is 49.2 Å². The summed E-state index contributed by atoms with van der Waals surface area (Å²) in [5.41, 5.74) is 6.81. The normalized spacial score (nSPS) is 14.1. The van der Waals surface area contributed by atoms with E-state index in [0.29, 0.717) is 23.0 Å². The lowest BCUT2D eigenvalue weighted by Crippen LogP contribution is -2.38. The fraction of sp³-hybridized carbons (Fsp3) is 0.324. The molecule has 1 saturated heterocycles. The predicted molar refractivity (Wildman–Crippen MR) is 160 cm³/mol. The summed E-state index contributed by atoms with van der Waals surface area (Å²) in [5.74, 6) is 1.07. The standard InChI is InChI=1S/C34H36N2O2S/c1-23(2)19-31-13-12-29(22-35-31)32(37)21-30-20-28(7-6-24(30)3)34(38)36-16-14-26(15-17-36)25-8-10-27(11-9-25)33-5-4-18-39-33/h4-13,18,20,22-23,26H,14-17,19,21H2,1-3H3. The average Bonchev–Trinajstić information content (AvgIpc) is 3.49. The fourth-order valence-corrected chi connectivity index (χ4v) is 6.09. The van der Waals surface area contributed by atoms with E-state index in [1.807, 2.05) is 42.2 Å². The molecule has 5 rings (SSSR count). The summed E-state index contributed by atoms with van der Waals surface area (Å²) in [5, 5.41) is 2.11. The number of ketones is 1. The van der Waals surface area contributed by atoms with Crippen LogP contribution >= 0.6 is 11.3 Å². The van der Waals surface area contributed by atoms with Gasteiger partial charge < -0.3 is 4.90 Å². The number of hydrogen-bond acceptors (Lipinski definition) is 4. The fourth-order valence-electron chi connectivity index (χ4n) is 5.36. The maximum atomic E-state index is 13.4. The zero-order valence-electron chi connectivity index (χ0n) is 23.0. The number of pyridine rings is 1. The molecule has 1 aliphatic rings. The van der Waals surface area contributed by atoms with Crippen molar-refractivity contribution in [1.29, 1.82) is 0 Å². The Kier molecular flexibility index (Phi) is 8.37. The second-order valence-corrected chi connectivity index (χ2v) is 12.0. The van der Waals surface area contributed by atoms with Crippen LogP contribution in [0, 0.1) is 12.8 Å². The predicted octanol–water partition coefficient (Wildman–Crippen LogP) is 7.76. The van der Waals surface area contributed by atoms with E-state index in [9.17, 15) is 9.59 Å². The summed E-state index contributed by atoms with van der Waals surface area (Å²) in [6.45, 7) is 7.80. The molecule has 1 amide bonds. The number of piperidine rings is 1. The van der Waals surface area contributed by atoms with E-state index in [4.69, 9.17) is 0 Å². The molecule has 0 spiro atoms. The molecule has 0 aliphatic carbocycles. The third kappa shape index (κ3) is 6.54. The van der Waals surface area contributed by atoms with E-state index in [1.165, 1.54) is 16.0 Å². The molecule has 1 fully saturated rings. The lowest BCUT2D eigenvalue weighted by Gasteiger charge is -2.32. The van der Waals surface area contributed by atoms with Crippen molar-refractivity contribution in [3.8, 4) is 10.4 Å². The number of amides is 1. The molecule has 4 nitrogen and oxygen atoms in total. The molecule has 2 aromatic carbocycles. The van der Waals surface area contributed by atoms with Crippen LogP contribution in [0.1, 0.15) is 75.7 Å². The molecule has 1 aliphatic heterocycles. The largest absolute Gasteiger partial charge is 0.339 e. The van der Waals surface area contributed by atoms with Crippen molar-refractivity contribution < 1.29 is 9.59 Å². The van der Waals surface area contributed by atoms with Gasteiger partial charge in [-0.25, -0.2) is 0 Å². The molecule has 0 N–H and O–H groups in total. The van der Waals surface area contributed by atoms with Gasteiger partial charge in [0.15, 0.2) is 5.78 Å². The summed E-state index contributed by atoms with van der Waals surface area (Å²) >= 11 is 1.76. The van der Waals surface area contributed by atoms with Gasteiger partial charge in [-0.05, 0) is 96.0 Å². The molecule has 2 aromatic heterocycles. The van der Waals surface area contributed by atoms with Crippen molar-refractivity contribution in [3.63, 3.8) is 0 Å². The molecule has 0 radical (unpaired) electrons. The van der Waals surface area contributed by atoms with Crippen molar-refractivity contribution in [3.05, 3.63) is 112 Å². The summed E-state index contributed by atoms with van der Waals surface area (Å²) in [6.07, 6.45) is 4.77. The summed E-state index contributed by atoms with van der Waals surface area (Å²) in [6, 6.07) is 22.7. The van der Waals surface area contributed by atoms with Gasteiger partial charge in [0, 0.05) is 47.4 Å². The molecule has 0 unspecified atom stereocenters. The van der Waals surface area contributed by atoms with Crippen molar-refractivity contribution in [2.45, 2.75) is 52.4 Å². The number of nitrogens with zero attached hydrogens (tertiary/aromatic N) is 2. The summed E-state index contributed by atoms with van der Waals surface area (Å²) < 4.78 is 0. The van der Waals surface area contributed by atoms with E-state index in [2.05, 4.69) is 60.6 Å². The number of benzene rings is 2. The number of likely N-dealkylation sites (tertiary alicyclic amines) is 1. The topological polar surface area (TPSA) is 50.3 Å². The third-order valence-corrected chi connectivity index (χ3v) is 8.60. The SMILES string of the molecule is Cc1ccc(C(=O)N2CCC(c3ccc(-c4cccs4)cc3)CC2)cc1CC(=O)c1ccc(CC(C)C)nc1. The van der Waals surface area contributed by atoms with Gasteiger partial charge in [0.2, 0.25) is 0 Å². The average molecular weight is 537 g/mol. The van der Waals surface area contributed by atoms with E-state index in [1.54, 1.807) is 17.5 Å². The van der Waals surface area contributed by atoms with Gasteiger partial charge in [-0.3, -0.25) is 14.6 Å². The Balaban J connectivity index is 1.20. The van der Waals surface area contributed by atoms with Gasteiger partial charge in [0.25, 0.3) is 5.91 Å². The smallest absolute Gasteiger partial charge is 0.253 e. The second-order valence-electron chi connectivity index (χ2n) is 11.0. The van der Waals surface area contributed by atoms with E-state index < -0.39 is 0 Å². The highest BCUT2D eigenvalue weighted by molar-refractivity contribution is 7.13. The Hall–Kier alpha value is -3.57. The Morgan fingerprint density at radius 1 is 0.974 bits per heavy atom. The Morgan fingerprint density at radius 2 is 1.72 bits per heavy atom. The number of rotatable bonds is 8. The number of Topliss-reactive ketones (excluding diaryl/α,β-unsaturated/α-hetero) is 1. The third-order valence-electron chi connectivity index (χ3n) is 7.68. The van der Waals surface area contributed by atoms with Gasteiger partial charge in [0.1, 0.15) is 0 Å². The number of hydrogen-bond donors (Lipinski definition) is 0. The summed E-state index contributed by atoms with van der Waals surface area (Å²) in [4.78, 5) is 34.1. The minimum atomic E-state index is 0.0252. The van der Waals surface area contributed by atoms with Crippen molar-refractivity contribution in [2.75, 3.05) is 13.1 Å². The second kappa shape index (κ2) is 12.1. The molecule has 0 saturated carbocycles. The highest BCUT2D eigenvalue weighted by Gasteiger charge is 2.25. The zero-order chi connectivity index (χ0) is 27.4. The van der Waals surface area contributed by atoms with Gasteiger partial charge in [-0.2, -0.15) is 0 Å². The van der Waals surface area contributed by atoms with Crippen molar-refractivity contribution in [2.24, 2.45) is 5.92 Å². The number of carbonyl (C=O) groups excluding carboxylic acids is 2. The highest BCUT2D eigenvalue weighted by Crippen LogP contribution is 2.32.